The second-order valence-corrected chi connectivity index (χ2v) is 3.97. The van der Waals surface area contributed by atoms with Crippen molar-refractivity contribution >= 4 is 18.5 Å². The standard InChI is InChI=1S/C13H16FN.ClH/c14-13-4-2-1-3-12(13)6-5-11-7-9-15-10-8-11;/h1-6,11,15H,7-10H2;1H. The molecule has 1 aromatic carbocycles. The van der Waals surface area contributed by atoms with E-state index in [0.717, 1.165) is 25.9 Å². The van der Waals surface area contributed by atoms with Crippen LogP contribution in [0.1, 0.15) is 18.4 Å². The lowest BCUT2D eigenvalue weighted by molar-refractivity contribution is 0.438. The van der Waals surface area contributed by atoms with Crippen molar-refractivity contribution in [2.24, 2.45) is 5.92 Å². The minimum absolute atomic E-state index is 0. The van der Waals surface area contributed by atoms with E-state index in [0.29, 0.717) is 11.5 Å². The first kappa shape index (κ1) is 13.2. The average Bonchev–Trinajstić information content (AvgIpc) is 2.29. The van der Waals surface area contributed by atoms with Crippen molar-refractivity contribution in [3.05, 3.63) is 41.7 Å². The van der Waals surface area contributed by atoms with Gasteiger partial charge < -0.3 is 5.32 Å². The van der Waals surface area contributed by atoms with Crippen LogP contribution in [-0.4, -0.2) is 13.1 Å². The van der Waals surface area contributed by atoms with Crippen LogP contribution in [0, 0.1) is 11.7 Å². The quantitative estimate of drug-likeness (QED) is 0.838. The molecule has 1 aliphatic rings. The summed E-state index contributed by atoms with van der Waals surface area (Å²) in [6.45, 7) is 2.15. The number of allylic oxidation sites excluding steroid dienone is 1. The predicted molar refractivity (Wildman–Crippen MR) is 68.3 cm³/mol. The van der Waals surface area contributed by atoms with Crippen molar-refractivity contribution in [2.75, 3.05) is 13.1 Å². The fourth-order valence-corrected chi connectivity index (χ4v) is 1.89. The van der Waals surface area contributed by atoms with Gasteiger partial charge in [0.05, 0.1) is 0 Å². The molecule has 1 saturated heterocycles. The van der Waals surface area contributed by atoms with Crippen LogP contribution in [0.2, 0.25) is 0 Å². The fraction of sp³-hybridized carbons (Fsp3) is 0.385. The van der Waals surface area contributed by atoms with Gasteiger partial charge in [-0.2, -0.15) is 0 Å². The Kier molecular flexibility index (Phi) is 5.50. The van der Waals surface area contributed by atoms with E-state index in [9.17, 15) is 4.39 Å². The van der Waals surface area contributed by atoms with Crippen molar-refractivity contribution in [3.8, 4) is 0 Å². The maximum atomic E-state index is 13.3. The van der Waals surface area contributed by atoms with Crippen molar-refractivity contribution in [2.45, 2.75) is 12.8 Å². The molecule has 0 unspecified atom stereocenters. The number of piperidine rings is 1. The number of nitrogens with one attached hydrogen (secondary N) is 1. The Bertz CT molecular complexity index is 346. The molecule has 1 heterocycles. The number of benzene rings is 1. The summed E-state index contributed by atoms with van der Waals surface area (Å²) in [5, 5.41) is 3.32. The third-order valence-electron chi connectivity index (χ3n) is 2.84. The molecular formula is C13H17ClFN. The number of halogens is 2. The number of hydrogen-bond donors (Lipinski definition) is 1. The van der Waals surface area contributed by atoms with Gasteiger partial charge in [0, 0.05) is 5.56 Å². The van der Waals surface area contributed by atoms with Crippen LogP contribution in [-0.2, 0) is 0 Å². The van der Waals surface area contributed by atoms with Gasteiger partial charge in [-0.3, -0.25) is 0 Å². The lowest BCUT2D eigenvalue weighted by Crippen LogP contribution is -2.26. The third-order valence-corrected chi connectivity index (χ3v) is 2.84. The van der Waals surface area contributed by atoms with Crippen LogP contribution in [0.15, 0.2) is 30.3 Å². The van der Waals surface area contributed by atoms with Gasteiger partial charge in [0.2, 0.25) is 0 Å². The van der Waals surface area contributed by atoms with Gasteiger partial charge in [-0.25, -0.2) is 4.39 Å². The Morgan fingerprint density at radius 3 is 2.56 bits per heavy atom. The third kappa shape index (κ3) is 3.62. The molecular weight excluding hydrogens is 225 g/mol. The zero-order valence-corrected chi connectivity index (χ0v) is 9.97. The predicted octanol–water partition coefficient (Wildman–Crippen LogP) is 3.26. The van der Waals surface area contributed by atoms with Gasteiger partial charge in [0.1, 0.15) is 5.82 Å². The lowest BCUT2D eigenvalue weighted by Gasteiger charge is -2.19. The summed E-state index contributed by atoms with van der Waals surface area (Å²) < 4.78 is 13.3. The van der Waals surface area contributed by atoms with Crippen LogP contribution in [0.5, 0.6) is 0 Å². The Hall–Kier alpha value is -0.860. The zero-order chi connectivity index (χ0) is 10.5. The summed E-state index contributed by atoms with van der Waals surface area (Å²) in [6.07, 6.45) is 6.36. The molecule has 2 rings (SSSR count). The van der Waals surface area contributed by atoms with Crippen LogP contribution >= 0.6 is 12.4 Å². The van der Waals surface area contributed by atoms with Crippen LogP contribution < -0.4 is 5.32 Å². The van der Waals surface area contributed by atoms with E-state index in [2.05, 4.69) is 11.4 Å². The first-order chi connectivity index (χ1) is 7.36. The van der Waals surface area contributed by atoms with Crippen molar-refractivity contribution < 1.29 is 4.39 Å². The van der Waals surface area contributed by atoms with Gasteiger partial charge in [-0.15, -0.1) is 12.4 Å². The number of rotatable bonds is 2. The van der Waals surface area contributed by atoms with E-state index in [1.807, 2.05) is 18.2 Å². The van der Waals surface area contributed by atoms with E-state index in [4.69, 9.17) is 0 Å². The molecule has 0 radical (unpaired) electrons. The second-order valence-electron chi connectivity index (χ2n) is 3.97. The molecule has 1 aliphatic heterocycles. The van der Waals surface area contributed by atoms with Gasteiger partial charge in [0.15, 0.2) is 0 Å². The molecule has 1 N–H and O–H groups in total. The van der Waals surface area contributed by atoms with Crippen LogP contribution in [0.25, 0.3) is 6.08 Å². The van der Waals surface area contributed by atoms with Crippen LogP contribution in [0.4, 0.5) is 4.39 Å². The molecule has 1 fully saturated rings. The highest BCUT2D eigenvalue weighted by Crippen LogP contribution is 2.16. The molecule has 0 aliphatic carbocycles. The monoisotopic (exact) mass is 241 g/mol. The van der Waals surface area contributed by atoms with E-state index < -0.39 is 0 Å². The summed E-state index contributed by atoms with van der Waals surface area (Å²) >= 11 is 0. The highest BCUT2D eigenvalue weighted by molar-refractivity contribution is 5.85. The minimum atomic E-state index is -0.136. The summed E-state index contributed by atoms with van der Waals surface area (Å²) in [7, 11) is 0. The van der Waals surface area contributed by atoms with Gasteiger partial charge >= 0.3 is 0 Å². The average molecular weight is 242 g/mol. The zero-order valence-electron chi connectivity index (χ0n) is 9.16. The van der Waals surface area contributed by atoms with Gasteiger partial charge in [-0.1, -0.05) is 30.4 Å². The smallest absolute Gasteiger partial charge is 0.130 e. The SMILES string of the molecule is Cl.Fc1ccccc1C=CC1CCNCC1. The highest BCUT2D eigenvalue weighted by atomic mass is 35.5. The maximum Gasteiger partial charge on any atom is 0.130 e. The van der Waals surface area contributed by atoms with Gasteiger partial charge in [-0.05, 0) is 37.9 Å². The Balaban J connectivity index is 0.00000128. The van der Waals surface area contributed by atoms with Crippen molar-refractivity contribution in [3.63, 3.8) is 0 Å². The molecule has 0 atom stereocenters. The Morgan fingerprint density at radius 1 is 1.19 bits per heavy atom. The molecule has 1 nitrogen and oxygen atoms in total. The molecule has 3 heteroatoms. The fourth-order valence-electron chi connectivity index (χ4n) is 1.89. The summed E-state index contributed by atoms with van der Waals surface area (Å²) in [5.41, 5.74) is 0.691. The summed E-state index contributed by atoms with van der Waals surface area (Å²) in [5.74, 6) is 0.466. The molecule has 0 saturated carbocycles. The molecule has 0 spiro atoms. The van der Waals surface area contributed by atoms with Crippen LogP contribution in [0.3, 0.4) is 0 Å². The van der Waals surface area contributed by atoms with Gasteiger partial charge in [0.25, 0.3) is 0 Å². The molecule has 0 aromatic heterocycles. The lowest BCUT2D eigenvalue weighted by atomic mass is 9.97. The summed E-state index contributed by atoms with van der Waals surface area (Å²) in [6, 6.07) is 6.90. The minimum Gasteiger partial charge on any atom is -0.317 e. The Labute approximate surface area is 102 Å². The van der Waals surface area contributed by atoms with E-state index >= 15 is 0 Å². The molecule has 0 bridgehead atoms. The molecule has 1 aromatic rings. The summed E-state index contributed by atoms with van der Waals surface area (Å²) in [4.78, 5) is 0. The highest BCUT2D eigenvalue weighted by Gasteiger charge is 2.09. The van der Waals surface area contributed by atoms with E-state index in [1.54, 1.807) is 6.07 Å². The first-order valence-corrected chi connectivity index (χ1v) is 5.50. The largest absolute Gasteiger partial charge is 0.317 e. The first-order valence-electron chi connectivity index (χ1n) is 5.50. The van der Waals surface area contributed by atoms with E-state index in [-0.39, 0.29) is 18.2 Å². The topological polar surface area (TPSA) is 12.0 Å². The van der Waals surface area contributed by atoms with Crippen molar-refractivity contribution in [1.29, 1.82) is 0 Å². The molecule has 0 amide bonds. The molecule has 16 heavy (non-hydrogen) atoms. The Morgan fingerprint density at radius 2 is 1.88 bits per heavy atom. The normalized spacial score (nSPS) is 17.3. The molecule has 88 valence electrons. The van der Waals surface area contributed by atoms with Crippen molar-refractivity contribution in [1.82, 2.24) is 5.32 Å². The van der Waals surface area contributed by atoms with E-state index in [1.165, 1.54) is 6.07 Å². The maximum absolute atomic E-state index is 13.3. The second kappa shape index (κ2) is 6.66. The number of hydrogen-bond acceptors (Lipinski definition) is 1.